The number of methoxy groups -OCH3 is 1. The molecule has 0 aliphatic heterocycles. The molecule has 7 nitrogen and oxygen atoms in total. The number of pyridine rings is 1. The lowest BCUT2D eigenvalue weighted by atomic mass is 9.95. The van der Waals surface area contributed by atoms with Crippen LogP contribution in [0.1, 0.15) is 22.9 Å². The van der Waals surface area contributed by atoms with E-state index in [9.17, 15) is 18.4 Å². The van der Waals surface area contributed by atoms with Gasteiger partial charge in [0.15, 0.2) is 0 Å². The van der Waals surface area contributed by atoms with Crippen molar-refractivity contribution in [3.63, 3.8) is 0 Å². The van der Waals surface area contributed by atoms with Gasteiger partial charge < -0.3 is 15.4 Å². The average molecular weight is 565 g/mol. The molecule has 3 aromatic carbocycles. The van der Waals surface area contributed by atoms with Crippen LogP contribution in [0.3, 0.4) is 0 Å². The molecule has 3 N–H and O–H groups in total. The summed E-state index contributed by atoms with van der Waals surface area (Å²) in [5, 5.41) is 5.50. The molecule has 0 saturated heterocycles. The summed E-state index contributed by atoms with van der Waals surface area (Å²) in [5.41, 5.74) is 4.07. The molecule has 1 unspecified atom stereocenters. The fourth-order valence-corrected chi connectivity index (χ4v) is 4.53. The number of carbonyl (C=O) groups is 2. The molecule has 0 spiro atoms. The molecule has 1 heterocycles. The number of hydrogen-bond donors (Lipinski definition) is 3. The number of halogens is 2. The predicted molar refractivity (Wildman–Crippen MR) is 154 cm³/mol. The normalized spacial score (nSPS) is 11.0. The molecule has 1 atom stereocenters. The van der Waals surface area contributed by atoms with Gasteiger partial charge in [0.05, 0.1) is 11.7 Å². The third kappa shape index (κ3) is 8.89. The number of rotatable bonds is 9. The van der Waals surface area contributed by atoms with Crippen LogP contribution in [0, 0.1) is 18.6 Å². The number of ether oxygens (including phenoxy) is 1. The van der Waals surface area contributed by atoms with Crippen LogP contribution < -0.4 is 15.4 Å². The van der Waals surface area contributed by atoms with E-state index in [2.05, 4.69) is 25.1 Å². The van der Waals surface area contributed by atoms with E-state index in [0.29, 0.717) is 23.4 Å². The quantitative estimate of drug-likeness (QED) is 0.160. The second-order valence-electron chi connectivity index (χ2n) is 8.66. The molecule has 4 rings (SSSR count). The van der Waals surface area contributed by atoms with Crippen molar-refractivity contribution < 1.29 is 23.1 Å². The lowest BCUT2D eigenvalue weighted by Crippen LogP contribution is -2.36. The maximum Gasteiger partial charge on any atom is 0.325 e. The van der Waals surface area contributed by atoms with Gasteiger partial charge in [-0.1, -0.05) is 36.4 Å². The molecule has 208 valence electrons. The van der Waals surface area contributed by atoms with Crippen LogP contribution in [0.15, 0.2) is 90.0 Å². The summed E-state index contributed by atoms with van der Waals surface area (Å²) in [5.74, 6) is -1.40. The highest BCUT2D eigenvalue weighted by Gasteiger charge is 2.22. The van der Waals surface area contributed by atoms with Gasteiger partial charge in [-0.05, 0) is 78.4 Å². The molecule has 4 aromatic rings. The minimum Gasteiger partial charge on any atom is -0.388 e. The van der Waals surface area contributed by atoms with E-state index in [1.807, 2.05) is 49.4 Å². The first kappa shape index (κ1) is 30.3. The minimum atomic E-state index is -0.706. The monoisotopic (exact) mass is 564 g/mol. The molecule has 0 fully saturated rings. The third-order valence-corrected chi connectivity index (χ3v) is 6.57. The van der Waals surface area contributed by atoms with Crippen molar-refractivity contribution in [3.8, 4) is 11.1 Å². The summed E-state index contributed by atoms with van der Waals surface area (Å²) in [7, 11) is 3.25. The van der Waals surface area contributed by atoms with Crippen molar-refractivity contribution >= 4 is 30.1 Å². The Kier molecular flexibility index (Phi) is 11.6. The molecule has 0 aliphatic rings. The van der Waals surface area contributed by atoms with Crippen molar-refractivity contribution in [2.75, 3.05) is 19.5 Å². The van der Waals surface area contributed by atoms with Gasteiger partial charge in [-0.3, -0.25) is 14.5 Å². The van der Waals surface area contributed by atoms with Crippen molar-refractivity contribution in [2.45, 2.75) is 24.3 Å². The van der Waals surface area contributed by atoms with Gasteiger partial charge in [0.1, 0.15) is 11.6 Å². The van der Waals surface area contributed by atoms with Crippen molar-refractivity contribution in [3.05, 3.63) is 114 Å². The zero-order valence-corrected chi connectivity index (χ0v) is 23.1. The zero-order chi connectivity index (χ0) is 28.9. The van der Waals surface area contributed by atoms with Gasteiger partial charge in [-0.15, -0.1) is 0 Å². The Hall–Kier alpha value is -4.28. The van der Waals surface area contributed by atoms with Crippen molar-refractivity contribution in [1.29, 1.82) is 0 Å². The predicted octanol–water partition coefficient (Wildman–Crippen LogP) is 6.46. The minimum absolute atomic E-state index is 0.103. The van der Waals surface area contributed by atoms with Gasteiger partial charge in [-0.2, -0.15) is 0 Å². The zero-order valence-electron chi connectivity index (χ0n) is 22.3. The van der Waals surface area contributed by atoms with Crippen LogP contribution >= 0.6 is 11.9 Å². The van der Waals surface area contributed by atoms with E-state index in [1.54, 1.807) is 38.6 Å². The van der Waals surface area contributed by atoms with E-state index in [0.717, 1.165) is 27.7 Å². The maximum atomic E-state index is 13.9. The smallest absolute Gasteiger partial charge is 0.325 e. The van der Waals surface area contributed by atoms with Gasteiger partial charge in [0.2, 0.25) is 6.41 Å². The Bertz CT molecular complexity index is 1400. The number of aromatic nitrogens is 1. The molecular weight excluding hydrogens is 534 g/mol. The van der Waals surface area contributed by atoms with Gasteiger partial charge in [0, 0.05) is 42.6 Å². The number of urea groups is 1. The third-order valence-electron chi connectivity index (χ3n) is 5.60. The van der Waals surface area contributed by atoms with E-state index in [-0.39, 0.29) is 6.42 Å². The maximum absolute atomic E-state index is 13.9. The molecule has 3 amide bonds. The van der Waals surface area contributed by atoms with E-state index in [1.165, 1.54) is 24.1 Å². The fourth-order valence-electron chi connectivity index (χ4n) is 3.89. The highest BCUT2D eigenvalue weighted by molar-refractivity contribution is 7.98. The first-order valence-electron chi connectivity index (χ1n) is 12.2. The number of anilines is 1. The van der Waals surface area contributed by atoms with Gasteiger partial charge in [0.25, 0.3) is 0 Å². The highest BCUT2D eigenvalue weighted by Crippen LogP contribution is 2.30. The number of benzene rings is 3. The number of carbonyl (C=O) groups excluding carboxylic acids is 2. The summed E-state index contributed by atoms with van der Waals surface area (Å²) in [6.45, 7) is 1.94. The second-order valence-corrected chi connectivity index (χ2v) is 9.51. The van der Waals surface area contributed by atoms with Crippen molar-refractivity contribution in [1.82, 2.24) is 15.0 Å². The Morgan fingerprint density at radius 2 is 1.68 bits per heavy atom. The SMILES string of the molecule is COC.Cc1ccccc1SNC(=O)NC(Cc1cc(F)cc(F)c1)c1ncccc1-c1ccc(NC=O)cc1. The molecule has 40 heavy (non-hydrogen) atoms. The summed E-state index contributed by atoms with van der Waals surface area (Å²) in [4.78, 5) is 29.1. The van der Waals surface area contributed by atoms with E-state index >= 15 is 0 Å². The Morgan fingerprint density at radius 1 is 1.00 bits per heavy atom. The first-order valence-corrected chi connectivity index (χ1v) is 13.1. The number of aryl methyl sites for hydroxylation is 1. The van der Waals surface area contributed by atoms with Crippen LogP contribution in [-0.2, 0) is 16.0 Å². The van der Waals surface area contributed by atoms with Crippen molar-refractivity contribution in [2.24, 2.45) is 0 Å². The number of amides is 3. The average Bonchev–Trinajstić information content (AvgIpc) is 2.93. The van der Waals surface area contributed by atoms with E-state index in [4.69, 9.17) is 0 Å². The van der Waals surface area contributed by atoms with Crippen LogP contribution in [0.5, 0.6) is 0 Å². The largest absolute Gasteiger partial charge is 0.388 e. The van der Waals surface area contributed by atoms with Crippen LogP contribution in [0.25, 0.3) is 11.1 Å². The molecule has 0 aliphatic carbocycles. The molecule has 1 aromatic heterocycles. The second kappa shape index (κ2) is 15.3. The summed E-state index contributed by atoms with van der Waals surface area (Å²) >= 11 is 1.17. The molecule has 0 saturated carbocycles. The van der Waals surface area contributed by atoms with Crippen LogP contribution in [-0.4, -0.2) is 31.6 Å². The summed E-state index contributed by atoms with van der Waals surface area (Å²) in [6, 6.07) is 20.5. The van der Waals surface area contributed by atoms with Gasteiger partial charge >= 0.3 is 6.03 Å². The van der Waals surface area contributed by atoms with Crippen LogP contribution in [0.4, 0.5) is 19.3 Å². The first-order chi connectivity index (χ1) is 19.3. The number of nitrogens with one attached hydrogen (secondary N) is 3. The number of nitrogens with zero attached hydrogens (tertiary/aromatic N) is 1. The Labute approximate surface area is 236 Å². The molecule has 0 bridgehead atoms. The highest BCUT2D eigenvalue weighted by atomic mass is 32.2. The summed E-state index contributed by atoms with van der Waals surface area (Å²) in [6.07, 6.45) is 2.30. The van der Waals surface area contributed by atoms with E-state index < -0.39 is 23.7 Å². The summed E-state index contributed by atoms with van der Waals surface area (Å²) < 4.78 is 34.9. The lowest BCUT2D eigenvalue weighted by Gasteiger charge is -2.22. The van der Waals surface area contributed by atoms with Crippen LogP contribution in [0.2, 0.25) is 0 Å². The molecular formula is C30H30F2N4O3S. The lowest BCUT2D eigenvalue weighted by molar-refractivity contribution is -0.105. The van der Waals surface area contributed by atoms with Gasteiger partial charge in [-0.25, -0.2) is 13.6 Å². The Balaban J connectivity index is 0.00000141. The standard InChI is InChI=1S/C28H24F2N4O2S.C2H6O/c1-18-5-2-3-7-26(18)37-34-28(36)33-25(15-19-13-21(29)16-22(30)14-19)27-24(6-4-12-31-27)20-8-10-23(11-9-20)32-17-35;1-3-2/h2-14,16-17,25H,15H2,1H3,(H,32,35)(H2,33,34,36);1-2H3. The molecule has 10 heteroatoms. The fraction of sp³-hybridized carbons (Fsp3) is 0.167. The Morgan fingerprint density at radius 3 is 2.33 bits per heavy atom. The number of hydrogen-bond acceptors (Lipinski definition) is 5. The topological polar surface area (TPSA) is 92.3 Å². The molecule has 0 radical (unpaired) electrons.